The summed E-state index contributed by atoms with van der Waals surface area (Å²) < 4.78 is -0.817. The summed E-state index contributed by atoms with van der Waals surface area (Å²) in [6.45, 7) is 10.3. The third-order valence-electron chi connectivity index (χ3n) is 7.93. The highest BCUT2D eigenvalue weighted by atomic mass is 32.2. The summed E-state index contributed by atoms with van der Waals surface area (Å²) in [5.41, 5.74) is 0.966. The van der Waals surface area contributed by atoms with E-state index in [1.807, 2.05) is 51.1 Å². The topological polar surface area (TPSA) is 98.2 Å². The number of nitrogens with zero attached hydrogens (tertiary/aromatic N) is 2. The fourth-order valence-electron chi connectivity index (χ4n) is 6.60. The molecule has 0 radical (unpaired) electrons. The fraction of sp³-hybridized carbons (Fsp3) is 0.593. The number of carbonyl (C=O) groups excluding carboxylic acids is 2. The van der Waals surface area contributed by atoms with Crippen LogP contribution in [0.4, 0.5) is 0 Å². The Labute approximate surface area is 211 Å². The van der Waals surface area contributed by atoms with Gasteiger partial charge in [-0.3, -0.25) is 14.4 Å². The molecule has 1 aromatic carbocycles. The van der Waals surface area contributed by atoms with Crippen molar-refractivity contribution in [3.05, 3.63) is 48.6 Å². The summed E-state index contributed by atoms with van der Waals surface area (Å²) in [5, 5.41) is 20.2. The minimum atomic E-state index is -0.973. The molecule has 4 rings (SSSR count). The molecule has 7 nitrogen and oxygen atoms in total. The molecule has 2 bridgehead atoms. The minimum Gasteiger partial charge on any atom is -0.481 e. The van der Waals surface area contributed by atoms with Crippen LogP contribution in [0.1, 0.15) is 39.2 Å². The van der Waals surface area contributed by atoms with Crippen LogP contribution in [0, 0.1) is 23.7 Å². The van der Waals surface area contributed by atoms with E-state index >= 15 is 0 Å². The second-order valence-electron chi connectivity index (χ2n) is 10.6. The predicted molar refractivity (Wildman–Crippen MR) is 136 cm³/mol. The first-order chi connectivity index (χ1) is 16.7. The van der Waals surface area contributed by atoms with Gasteiger partial charge in [0.25, 0.3) is 0 Å². The number of hydrogen-bond acceptors (Lipinski definition) is 5. The molecule has 3 saturated heterocycles. The molecular weight excluding hydrogens is 464 g/mol. The van der Waals surface area contributed by atoms with Crippen molar-refractivity contribution in [2.24, 2.45) is 23.7 Å². The first-order valence-electron chi connectivity index (χ1n) is 12.4. The van der Waals surface area contributed by atoms with Gasteiger partial charge < -0.3 is 20.0 Å². The third-order valence-corrected chi connectivity index (χ3v) is 10.0. The van der Waals surface area contributed by atoms with Gasteiger partial charge in [0.2, 0.25) is 11.8 Å². The van der Waals surface area contributed by atoms with E-state index in [1.54, 1.807) is 15.9 Å². The Balaban J connectivity index is 1.81. The number of aliphatic hydroxyl groups excluding tert-OH is 1. The summed E-state index contributed by atoms with van der Waals surface area (Å²) in [4.78, 5) is 44.0. The molecule has 3 aliphatic heterocycles. The van der Waals surface area contributed by atoms with E-state index in [-0.39, 0.29) is 35.5 Å². The maximum absolute atomic E-state index is 14.4. The van der Waals surface area contributed by atoms with Crippen LogP contribution in [-0.2, 0) is 20.9 Å². The Bertz CT molecular complexity index is 985. The number of likely N-dealkylation sites (tertiary alicyclic amines) is 1. The summed E-state index contributed by atoms with van der Waals surface area (Å²) >= 11 is 1.53. The van der Waals surface area contributed by atoms with Crippen molar-refractivity contribution in [1.29, 1.82) is 0 Å². The van der Waals surface area contributed by atoms with Gasteiger partial charge in [-0.25, -0.2) is 0 Å². The summed E-state index contributed by atoms with van der Waals surface area (Å²) in [7, 11) is 0. The van der Waals surface area contributed by atoms with Crippen molar-refractivity contribution < 1.29 is 24.6 Å². The number of carbonyl (C=O) groups is 3. The van der Waals surface area contributed by atoms with Gasteiger partial charge in [-0.15, -0.1) is 18.3 Å². The highest BCUT2D eigenvalue weighted by molar-refractivity contribution is 8.02. The van der Waals surface area contributed by atoms with Gasteiger partial charge in [0.1, 0.15) is 6.04 Å². The Morgan fingerprint density at radius 3 is 2.57 bits per heavy atom. The largest absolute Gasteiger partial charge is 0.481 e. The zero-order valence-corrected chi connectivity index (χ0v) is 21.5. The highest BCUT2D eigenvalue weighted by Gasteiger charge is 2.76. The first-order valence-corrected chi connectivity index (χ1v) is 13.3. The highest BCUT2D eigenvalue weighted by Crippen LogP contribution is 2.69. The van der Waals surface area contributed by atoms with E-state index in [1.165, 1.54) is 11.8 Å². The van der Waals surface area contributed by atoms with Crippen LogP contribution in [0.25, 0.3) is 0 Å². The summed E-state index contributed by atoms with van der Waals surface area (Å²) in [5.74, 6) is -2.85. The van der Waals surface area contributed by atoms with Crippen molar-refractivity contribution in [2.45, 2.75) is 62.2 Å². The molecule has 0 aliphatic carbocycles. The maximum Gasteiger partial charge on any atom is 0.308 e. The molecule has 0 aromatic heterocycles. The number of thioether (sulfide) groups is 1. The van der Waals surface area contributed by atoms with Crippen molar-refractivity contribution in [1.82, 2.24) is 9.80 Å². The van der Waals surface area contributed by atoms with Gasteiger partial charge in [-0.2, -0.15) is 0 Å². The van der Waals surface area contributed by atoms with Crippen LogP contribution < -0.4 is 0 Å². The molecule has 1 aromatic rings. The second-order valence-corrected chi connectivity index (χ2v) is 12.1. The van der Waals surface area contributed by atoms with Crippen LogP contribution in [0.2, 0.25) is 0 Å². The minimum absolute atomic E-state index is 0.00157. The normalized spacial score (nSPS) is 32.1. The zero-order chi connectivity index (χ0) is 25.5. The smallest absolute Gasteiger partial charge is 0.308 e. The fourth-order valence-corrected chi connectivity index (χ4v) is 8.99. The van der Waals surface area contributed by atoms with E-state index in [0.29, 0.717) is 25.9 Å². The lowest BCUT2D eigenvalue weighted by atomic mass is 9.66. The molecule has 3 heterocycles. The molecule has 35 heavy (non-hydrogen) atoms. The van der Waals surface area contributed by atoms with Gasteiger partial charge in [0, 0.05) is 18.3 Å². The molecule has 3 fully saturated rings. The lowest BCUT2D eigenvalue weighted by Gasteiger charge is -2.42. The number of aliphatic carboxylic acids is 1. The first kappa shape index (κ1) is 25.8. The Morgan fingerprint density at radius 1 is 1.31 bits per heavy atom. The van der Waals surface area contributed by atoms with E-state index < -0.39 is 34.6 Å². The molecule has 3 aliphatic rings. The van der Waals surface area contributed by atoms with Crippen LogP contribution in [-0.4, -0.2) is 73.0 Å². The number of carboxylic acid groups (broad SMARTS) is 1. The molecule has 0 saturated carbocycles. The van der Waals surface area contributed by atoms with Gasteiger partial charge in [-0.1, -0.05) is 57.2 Å². The molecule has 3 unspecified atom stereocenters. The third kappa shape index (κ3) is 4.18. The standard InChI is InChI=1S/C27H36N2O5S/c1-5-11-28(14-18-9-7-6-8-10-18)25(32)23-27-17(4)13-20(35-27)21(26(33)34)22(27)24(31)29(23)19(15-30)12-16(2)3/h5-10,16-17,19-23,30H,1,11-15H2,2-4H3,(H,33,34)/t17?,19-,20-,21+,22+,23?,27?/m1/s1. The SMILES string of the molecule is C=CCN(Cc1ccccc1)C(=O)C1N([C@@H](CO)CC(C)C)C(=O)[C@@H]2[C@@H](C(=O)O)[C@H]3CC(C)C12S3. The molecule has 2 amide bonds. The van der Waals surface area contributed by atoms with Crippen LogP contribution in [0.3, 0.4) is 0 Å². The maximum atomic E-state index is 14.4. The van der Waals surface area contributed by atoms with Crippen LogP contribution in [0.15, 0.2) is 43.0 Å². The second kappa shape index (κ2) is 9.97. The lowest BCUT2D eigenvalue weighted by Crippen LogP contribution is -2.59. The molecule has 2 N–H and O–H groups in total. The number of aliphatic hydroxyl groups is 1. The number of amides is 2. The molecule has 7 atom stereocenters. The Hall–Kier alpha value is -2.32. The number of rotatable bonds is 10. The van der Waals surface area contributed by atoms with Crippen molar-refractivity contribution in [2.75, 3.05) is 13.2 Å². The Morgan fingerprint density at radius 2 is 2.00 bits per heavy atom. The average Bonchev–Trinajstić information content (AvgIpc) is 3.41. The van der Waals surface area contributed by atoms with Gasteiger partial charge in [-0.05, 0) is 30.2 Å². The summed E-state index contributed by atoms with van der Waals surface area (Å²) in [6.07, 6.45) is 2.88. The van der Waals surface area contributed by atoms with Crippen molar-refractivity contribution >= 4 is 29.5 Å². The van der Waals surface area contributed by atoms with E-state index in [4.69, 9.17) is 0 Å². The predicted octanol–water partition coefficient (Wildman–Crippen LogP) is 3.03. The van der Waals surface area contributed by atoms with Crippen molar-refractivity contribution in [3.63, 3.8) is 0 Å². The van der Waals surface area contributed by atoms with E-state index in [0.717, 1.165) is 5.56 Å². The van der Waals surface area contributed by atoms with Crippen LogP contribution >= 0.6 is 11.8 Å². The van der Waals surface area contributed by atoms with E-state index in [2.05, 4.69) is 6.58 Å². The van der Waals surface area contributed by atoms with E-state index in [9.17, 15) is 24.6 Å². The zero-order valence-electron chi connectivity index (χ0n) is 20.7. The lowest BCUT2D eigenvalue weighted by molar-refractivity contribution is -0.150. The monoisotopic (exact) mass is 500 g/mol. The Kier molecular flexibility index (Phi) is 7.34. The number of fused-ring (bicyclic) bond motifs is 1. The molecule has 190 valence electrons. The molecule has 1 spiro atoms. The van der Waals surface area contributed by atoms with Crippen molar-refractivity contribution in [3.8, 4) is 0 Å². The van der Waals surface area contributed by atoms with Gasteiger partial charge >= 0.3 is 5.97 Å². The number of carboxylic acids is 1. The quantitative estimate of drug-likeness (QED) is 0.479. The number of benzene rings is 1. The number of hydrogen-bond donors (Lipinski definition) is 2. The van der Waals surface area contributed by atoms with Gasteiger partial charge in [0.05, 0.1) is 29.2 Å². The molecule has 8 heteroatoms. The average molecular weight is 501 g/mol. The van der Waals surface area contributed by atoms with Gasteiger partial charge in [0.15, 0.2) is 0 Å². The summed E-state index contributed by atoms with van der Waals surface area (Å²) in [6, 6.07) is 8.30. The molecular formula is C27H36N2O5S. The van der Waals surface area contributed by atoms with Crippen LogP contribution in [0.5, 0.6) is 0 Å².